The van der Waals surface area contributed by atoms with Gasteiger partial charge in [0.25, 0.3) is 0 Å². The first-order valence-electron chi connectivity index (χ1n) is 9.47. The van der Waals surface area contributed by atoms with Crippen molar-refractivity contribution in [1.82, 2.24) is 0 Å². The first-order valence-corrected chi connectivity index (χ1v) is 12.4. The molecule has 0 unspecified atom stereocenters. The SMILES string of the molecule is CCCCOc1ccccc1-c1ccc([SH+]c2ccccc2)cc1.F[P-](F)(F)(F)(F)F. The van der Waals surface area contributed by atoms with E-state index in [-0.39, 0.29) is 0 Å². The van der Waals surface area contributed by atoms with Crippen molar-refractivity contribution in [2.45, 2.75) is 29.6 Å². The number of unbranched alkanes of at least 4 members (excludes halogenated alkanes) is 1. The summed E-state index contributed by atoms with van der Waals surface area (Å²) in [5.41, 5.74) is 2.37. The Morgan fingerprint density at radius 1 is 0.710 bits per heavy atom. The predicted octanol–water partition coefficient (Wildman–Crippen LogP) is 9.15. The van der Waals surface area contributed by atoms with Gasteiger partial charge in [-0.05, 0) is 54.4 Å². The second-order valence-electron chi connectivity index (χ2n) is 6.65. The molecule has 0 aliphatic heterocycles. The number of rotatable bonds is 7. The second kappa shape index (κ2) is 9.53. The minimum absolute atomic E-state index is 0.776. The molecule has 0 aromatic heterocycles. The molecule has 0 radical (unpaired) electrons. The molecule has 3 aromatic carbocycles. The number of para-hydroxylation sites is 1. The summed E-state index contributed by atoms with van der Waals surface area (Å²) in [5, 5.41) is 0. The van der Waals surface area contributed by atoms with Crippen molar-refractivity contribution in [2.75, 3.05) is 6.61 Å². The van der Waals surface area contributed by atoms with Crippen molar-refractivity contribution in [3.63, 3.8) is 0 Å². The summed E-state index contributed by atoms with van der Waals surface area (Å²) in [6.07, 6.45) is 2.23. The Bertz CT molecular complexity index is 950. The number of hydrogen-bond donors (Lipinski definition) is 0. The first-order chi connectivity index (χ1) is 14.3. The molecule has 3 aromatic rings. The molecule has 9 heteroatoms. The van der Waals surface area contributed by atoms with E-state index in [1.165, 1.54) is 27.1 Å². The first kappa shape index (κ1) is 25.1. The van der Waals surface area contributed by atoms with Crippen LogP contribution in [0.15, 0.2) is 88.7 Å². The van der Waals surface area contributed by atoms with Crippen LogP contribution < -0.4 is 4.74 Å². The van der Waals surface area contributed by atoms with Gasteiger partial charge in [0.1, 0.15) is 5.75 Å². The van der Waals surface area contributed by atoms with Gasteiger partial charge in [-0.3, -0.25) is 0 Å². The van der Waals surface area contributed by atoms with E-state index in [0.717, 1.165) is 30.8 Å². The van der Waals surface area contributed by atoms with Crippen LogP contribution in [0.2, 0.25) is 0 Å². The van der Waals surface area contributed by atoms with E-state index in [2.05, 4.69) is 79.7 Å². The summed E-state index contributed by atoms with van der Waals surface area (Å²) >= 11 is 1.24. The molecule has 0 aliphatic rings. The zero-order valence-corrected chi connectivity index (χ0v) is 18.5. The van der Waals surface area contributed by atoms with E-state index in [1.54, 1.807) is 0 Å². The molecular weight excluding hydrogens is 457 g/mol. The van der Waals surface area contributed by atoms with Gasteiger partial charge in [-0.25, -0.2) is 0 Å². The number of thiol groups is 1. The third-order valence-corrected chi connectivity index (χ3v) is 4.95. The number of halogens is 6. The van der Waals surface area contributed by atoms with Crippen molar-refractivity contribution in [1.29, 1.82) is 0 Å². The summed E-state index contributed by atoms with van der Waals surface area (Å²) in [7, 11) is -10.7. The van der Waals surface area contributed by atoms with Gasteiger partial charge in [0.2, 0.25) is 0 Å². The van der Waals surface area contributed by atoms with E-state index in [1.807, 2.05) is 6.07 Å². The summed E-state index contributed by atoms with van der Waals surface area (Å²) < 4.78 is 65.2. The zero-order chi connectivity index (χ0) is 23.0. The van der Waals surface area contributed by atoms with Crippen molar-refractivity contribution < 1.29 is 29.9 Å². The van der Waals surface area contributed by atoms with Crippen LogP contribution in [0.25, 0.3) is 11.1 Å². The third kappa shape index (κ3) is 11.7. The van der Waals surface area contributed by atoms with Gasteiger partial charge >= 0.3 is 33.0 Å². The molecule has 0 amide bonds. The molecule has 0 fully saturated rings. The molecule has 0 aliphatic carbocycles. The molecule has 31 heavy (non-hydrogen) atoms. The van der Waals surface area contributed by atoms with Crippen LogP contribution in [0, 0.1) is 0 Å². The summed E-state index contributed by atoms with van der Waals surface area (Å²) in [4.78, 5) is 2.61. The van der Waals surface area contributed by atoms with Crippen LogP contribution in [0.3, 0.4) is 0 Å². The average molecular weight is 480 g/mol. The predicted molar refractivity (Wildman–Crippen MR) is 118 cm³/mol. The van der Waals surface area contributed by atoms with Gasteiger partial charge in [-0.1, -0.05) is 49.7 Å². The molecular formula is C22H23F6OPS. The van der Waals surface area contributed by atoms with Crippen molar-refractivity contribution >= 4 is 19.6 Å². The Morgan fingerprint density at radius 3 is 1.81 bits per heavy atom. The van der Waals surface area contributed by atoms with E-state index >= 15 is 0 Å². The van der Waals surface area contributed by atoms with Crippen LogP contribution >= 0.6 is 7.81 Å². The van der Waals surface area contributed by atoms with Crippen LogP contribution in [0.1, 0.15) is 19.8 Å². The average Bonchev–Trinajstić information content (AvgIpc) is 2.68. The van der Waals surface area contributed by atoms with Gasteiger partial charge in [0.15, 0.2) is 9.79 Å². The Labute approximate surface area is 181 Å². The number of benzene rings is 3. The monoisotopic (exact) mass is 480 g/mol. The Kier molecular flexibility index (Phi) is 7.71. The molecule has 1 nitrogen and oxygen atoms in total. The van der Waals surface area contributed by atoms with Gasteiger partial charge in [0.05, 0.1) is 6.61 Å². The molecule has 0 atom stereocenters. The van der Waals surface area contributed by atoms with Gasteiger partial charge in [-0.2, -0.15) is 0 Å². The maximum absolute atomic E-state index is 10.7. The molecule has 170 valence electrons. The Morgan fingerprint density at radius 2 is 1.23 bits per heavy atom. The van der Waals surface area contributed by atoms with Crippen LogP contribution in [0.5, 0.6) is 5.75 Å². The van der Waals surface area contributed by atoms with E-state index in [9.17, 15) is 25.2 Å². The van der Waals surface area contributed by atoms with E-state index < -0.39 is 7.81 Å². The summed E-state index contributed by atoms with van der Waals surface area (Å²) in [6.45, 7) is 2.96. The van der Waals surface area contributed by atoms with E-state index in [0.29, 0.717) is 0 Å². The topological polar surface area (TPSA) is 9.23 Å². The number of ether oxygens (including phenoxy) is 1. The fraction of sp³-hybridized carbons (Fsp3) is 0.182. The van der Waals surface area contributed by atoms with E-state index in [4.69, 9.17) is 4.74 Å². The van der Waals surface area contributed by atoms with Crippen molar-refractivity contribution in [3.8, 4) is 16.9 Å². The third-order valence-electron chi connectivity index (χ3n) is 3.84. The Balaban J connectivity index is 0.000000423. The molecule has 0 saturated heterocycles. The quantitative estimate of drug-likeness (QED) is 0.108. The number of hydrogen-bond acceptors (Lipinski definition) is 1. The van der Waals surface area contributed by atoms with Crippen molar-refractivity contribution in [3.05, 3.63) is 78.9 Å². The van der Waals surface area contributed by atoms with Gasteiger partial charge in [-0.15, -0.1) is 0 Å². The normalized spacial score (nSPS) is 13.4. The molecule has 0 saturated carbocycles. The fourth-order valence-corrected chi connectivity index (χ4v) is 3.44. The zero-order valence-electron chi connectivity index (χ0n) is 16.7. The molecule has 0 spiro atoms. The van der Waals surface area contributed by atoms with Crippen LogP contribution in [0.4, 0.5) is 25.2 Å². The fourth-order valence-electron chi connectivity index (χ4n) is 2.52. The molecule has 0 bridgehead atoms. The standard InChI is InChI=1S/C22H22OS.F6P/c1-2-3-17-23-22-12-8-7-11-21(22)18-13-15-20(16-14-18)24-19-9-5-4-6-10-19;1-7(2,3,4,5)6/h4-16H,2-3,17H2,1H3;/q;-1/p+1. The van der Waals surface area contributed by atoms with Crippen molar-refractivity contribution in [2.24, 2.45) is 0 Å². The summed E-state index contributed by atoms with van der Waals surface area (Å²) in [6, 6.07) is 27.6. The Hall–Kier alpha value is -2.18. The molecule has 0 heterocycles. The second-order valence-corrected chi connectivity index (χ2v) is 9.82. The minimum atomic E-state index is -10.7. The summed E-state index contributed by atoms with van der Waals surface area (Å²) in [5.74, 6) is 0.972. The van der Waals surface area contributed by atoms with Gasteiger partial charge in [0, 0.05) is 17.3 Å². The van der Waals surface area contributed by atoms with Crippen LogP contribution in [-0.4, -0.2) is 6.61 Å². The molecule has 3 rings (SSSR count). The maximum atomic E-state index is 9.87. The molecule has 0 N–H and O–H groups in total. The van der Waals surface area contributed by atoms with Gasteiger partial charge < -0.3 is 4.74 Å². The van der Waals surface area contributed by atoms with Crippen LogP contribution in [-0.2, 0) is 11.8 Å².